The predicted octanol–water partition coefficient (Wildman–Crippen LogP) is 3.94. The van der Waals surface area contributed by atoms with Gasteiger partial charge in [0.2, 0.25) is 11.8 Å². The van der Waals surface area contributed by atoms with Crippen molar-refractivity contribution in [2.24, 2.45) is 5.41 Å². The molecule has 3 aliphatic carbocycles. The molecule has 2 N–H and O–H groups in total. The highest BCUT2D eigenvalue weighted by Crippen LogP contribution is 2.52. The van der Waals surface area contributed by atoms with Crippen molar-refractivity contribution >= 4 is 11.6 Å². The van der Waals surface area contributed by atoms with Crippen LogP contribution in [-0.2, 0) is 5.66 Å². The molecule has 2 aromatic heterocycles. The summed E-state index contributed by atoms with van der Waals surface area (Å²) in [5, 5.41) is 17.8. The van der Waals surface area contributed by atoms with Gasteiger partial charge in [0, 0.05) is 19.3 Å². The Hall–Kier alpha value is -2.73. The van der Waals surface area contributed by atoms with E-state index in [1.54, 1.807) is 24.7 Å². The molecule has 5 rings (SSSR count). The molecule has 0 atom stereocenters. The average molecular weight is 414 g/mol. The minimum absolute atomic E-state index is 0.0153. The van der Waals surface area contributed by atoms with Crippen molar-refractivity contribution in [1.29, 1.82) is 0 Å². The Morgan fingerprint density at radius 1 is 1.30 bits per heavy atom. The first kappa shape index (κ1) is 20.5. The van der Waals surface area contributed by atoms with Crippen molar-refractivity contribution in [3.05, 3.63) is 35.3 Å². The van der Waals surface area contributed by atoms with Crippen molar-refractivity contribution < 1.29 is 14.2 Å². The second-order valence-corrected chi connectivity index (χ2v) is 9.16. The Morgan fingerprint density at radius 3 is 2.60 bits per heavy atom. The fraction of sp³-hybridized carbons (Fsp3) is 0.619. The topological polar surface area (TPSA) is 89.5 Å². The molecule has 0 amide bonds. The molecule has 0 saturated heterocycles. The van der Waals surface area contributed by atoms with Gasteiger partial charge < -0.3 is 15.2 Å². The van der Waals surface area contributed by atoms with Gasteiger partial charge in [-0.1, -0.05) is 0 Å². The van der Waals surface area contributed by atoms with Crippen LogP contribution in [0, 0.1) is 24.7 Å². The highest BCUT2D eigenvalue weighted by molar-refractivity contribution is 5.55. The van der Waals surface area contributed by atoms with Crippen LogP contribution in [0.1, 0.15) is 58.1 Å². The fourth-order valence-corrected chi connectivity index (χ4v) is 4.23. The Bertz CT molecular complexity index is 971. The molecule has 0 spiro atoms. The summed E-state index contributed by atoms with van der Waals surface area (Å²) in [6.45, 7) is 13.1. The van der Waals surface area contributed by atoms with Crippen LogP contribution >= 0.6 is 0 Å². The van der Waals surface area contributed by atoms with Gasteiger partial charge in [0.25, 0.3) is 5.88 Å². The molecule has 3 saturated carbocycles. The number of aliphatic hydroxyl groups is 1. The van der Waals surface area contributed by atoms with E-state index in [-0.39, 0.29) is 17.2 Å². The van der Waals surface area contributed by atoms with Gasteiger partial charge >= 0.3 is 5.66 Å². The highest BCUT2D eigenvalue weighted by Gasteiger charge is 2.48. The monoisotopic (exact) mass is 414 g/mol. The lowest BCUT2D eigenvalue weighted by molar-refractivity contribution is -0.104. The van der Waals surface area contributed by atoms with Crippen LogP contribution in [0.25, 0.3) is 4.85 Å². The van der Waals surface area contributed by atoms with Crippen LogP contribution in [0.15, 0.2) is 12.4 Å². The summed E-state index contributed by atoms with van der Waals surface area (Å²) in [6, 6.07) is 0. The third kappa shape index (κ3) is 3.84. The molecule has 3 fully saturated rings. The van der Waals surface area contributed by atoms with E-state index < -0.39 is 17.1 Å². The van der Waals surface area contributed by atoms with Gasteiger partial charge in [0.15, 0.2) is 0 Å². The lowest BCUT2D eigenvalue weighted by Gasteiger charge is -2.50. The van der Waals surface area contributed by atoms with E-state index in [1.807, 2.05) is 6.92 Å². The Morgan fingerprint density at radius 2 is 1.97 bits per heavy atom. The molecule has 0 radical (unpaired) electrons. The van der Waals surface area contributed by atoms with Crippen LogP contribution in [0.3, 0.4) is 0 Å². The van der Waals surface area contributed by atoms with Crippen molar-refractivity contribution in [1.82, 2.24) is 19.7 Å². The molecule has 0 aromatic carbocycles. The van der Waals surface area contributed by atoms with Crippen molar-refractivity contribution in [3.8, 4) is 5.88 Å². The van der Waals surface area contributed by atoms with Gasteiger partial charge in [0.1, 0.15) is 0 Å². The van der Waals surface area contributed by atoms with Gasteiger partial charge in [0.05, 0.1) is 36.0 Å². The van der Waals surface area contributed by atoms with Crippen LogP contribution in [0.4, 0.5) is 16.0 Å². The second-order valence-electron chi connectivity index (χ2n) is 9.16. The first-order valence-corrected chi connectivity index (χ1v) is 10.2. The molecular weight excluding hydrogens is 387 g/mol. The van der Waals surface area contributed by atoms with E-state index in [4.69, 9.17) is 11.3 Å². The molecule has 9 heteroatoms. The molecule has 0 unspecified atom stereocenters. The number of ether oxygens (including phenoxy) is 1. The number of rotatable bonds is 6. The van der Waals surface area contributed by atoms with E-state index in [0.29, 0.717) is 18.0 Å². The first-order chi connectivity index (χ1) is 14.1. The summed E-state index contributed by atoms with van der Waals surface area (Å²) >= 11 is 0. The maximum atomic E-state index is 14.3. The second kappa shape index (κ2) is 7.20. The summed E-state index contributed by atoms with van der Waals surface area (Å²) in [5.41, 5.74) is -0.0185. The number of aromatic nitrogens is 4. The summed E-state index contributed by atoms with van der Waals surface area (Å²) in [7, 11) is 0. The Balaban J connectivity index is 1.47. The van der Waals surface area contributed by atoms with Gasteiger partial charge in [-0.3, -0.25) is 4.85 Å². The van der Waals surface area contributed by atoms with E-state index in [0.717, 1.165) is 44.7 Å². The van der Waals surface area contributed by atoms with Crippen molar-refractivity contribution in [2.45, 2.75) is 70.6 Å². The standard InChI is InChI=1S/C21H27FN6O2/c1-14-16(12-28(27-14)19(2,3)23-4)25-18-24-11-15(22)17(26-18)30-13-20-5-8-21(29,9-6-20)10-7-20/h11-12,29H,5-10,13H2,1-3H3,(H,24,25,26). The molecule has 160 valence electrons. The molecule has 3 aliphatic rings. The lowest BCUT2D eigenvalue weighted by atomic mass is 9.59. The number of fused-ring (bicyclic) bond motifs is 3. The van der Waals surface area contributed by atoms with Crippen LogP contribution in [0.2, 0.25) is 0 Å². The zero-order valence-electron chi connectivity index (χ0n) is 17.6. The van der Waals surface area contributed by atoms with E-state index in [1.165, 1.54) is 0 Å². The third-order valence-corrected chi connectivity index (χ3v) is 6.57. The lowest BCUT2D eigenvalue weighted by Crippen LogP contribution is -2.48. The zero-order chi connectivity index (χ0) is 21.6. The van der Waals surface area contributed by atoms with Gasteiger partial charge in [-0.2, -0.15) is 19.2 Å². The minimum Gasteiger partial charge on any atom is -0.475 e. The molecule has 2 bridgehead atoms. The summed E-state index contributed by atoms with van der Waals surface area (Å²) < 4.78 is 21.7. The zero-order valence-corrected chi connectivity index (χ0v) is 17.6. The van der Waals surface area contributed by atoms with Gasteiger partial charge in [-0.15, -0.1) is 0 Å². The molecule has 30 heavy (non-hydrogen) atoms. The number of aryl methyl sites for hydroxylation is 1. The first-order valence-electron chi connectivity index (χ1n) is 10.2. The van der Waals surface area contributed by atoms with Crippen molar-refractivity contribution in [3.63, 3.8) is 0 Å². The number of halogens is 1. The fourth-order valence-electron chi connectivity index (χ4n) is 4.23. The van der Waals surface area contributed by atoms with Crippen molar-refractivity contribution in [2.75, 3.05) is 11.9 Å². The average Bonchev–Trinajstić information content (AvgIpc) is 3.11. The molecule has 8 nitrogen and oxygen atoms in total. The maximum Gasteiger partial charge on any atom is 0.319 e. The molecule has 2 aromatic rings. The minimum atomic E-state index is -0.811. The number of nitrogens with zero attached hydrogens (tertiary/aromatic N) is 5. The Labute approximate surface area is 175 Å². The predicted molar refractivity (Wildman–Crippen MR) is 109 cm³/mol. The molecular formula is C21H27FN6O2. The van der Waals surface area contributed by atoms with Gasteiger partial charge in [-0.25, -0.2) is 11.6 Å². The van der Waals surface area contributed by atoms with E-state index >= 15 is 0 Å². The van der Waals surface area contributed by atoms with Crippen LogP contribution < -0.4 is 10.1 Å². The number of anilines is 2. The smallest absolute Gasteiger partial charge is 0.319 e. The van der Waals surface area contributed by atoms with E-state index in [2.05, 4.69) is 25.2 Å². The SMILES string of the molecule is [C-]#[N+]C(C)(C)n1cc(Nc2ncc(F)c(OCC34CCC(O)(CC3)CC4)n2)c(C)n1. The molecule has 0 aliphatic heterocycles. The van der Waals surface area contributed by atoms with Crippen LogP contribution in [0.5, 0.6) is 5.88 Å². The third-order valence-electron chi connectivity index (χ3n) is 6.57. The number of hydrogen-bond acceptors (Lipinski definition) is 6. The van der Waals surface area contributed by atoms with Gasteiger partial charge in [-0.05, 0) is 45.4 Å². The normalized spacial score (nSPS) is 25.7. The molecule has 2 heterocycles. The summed E-state index contributed by atoms with van der Waals surface area (Å²) in [6.07, 6.45) is 7.79. The number of nitrogens with one attached hydrogen (secondary N) is 1. The number of hydrogen-bond donors (Lipinski definition) is 2. The quantitative estimate of drug-likeness (QED) is 0.696. The highest BCUT2D eigenvalue weighted by atomic mass is 19.1. The summed E-state index contributed by atoms with van der Waals surface area (Å²) in [5.74, 6) is -0.490. The van der Waals surface area contributed by atoms with E-state index in [9.17, 15) is 9.50 Å². The maximum absolute atomic E-state index is 14.3. The Kier molecular flexibility index (Phi) is 4.93. The summed E-state index contributed by atoms with van der Waals surface area (Å²) in [4.78, 5) is 11.8. The largest absolute Gasteiger partial charge is 0.475 e. The van der Waals surface area contributed by atoms with Crippen LogP contribution in [-0.4, -0.2) is 37.1 Å².